The zero-order valence-electron chi connectivity index (χ0n) is 12.1. The molecule has 1 N–H and O–H groups in total. The number of ether oxygens (including phenoxy) is 2. The van der Waals surface area contributed by atoms with Crippen molar-refractivity contribution in [3.8, 4) is 5.75 Å². The van der Waals surface area contributed by atoms with E-state index in [0.29, 0.717) is 6.04 Å². The van der Waals surface area contributed by atoms with Crippen molar-refractivity contribution in [2.45, 2.75) is 45.3 Å². The first-order valence-corrected chi connectivity index (χ1v) is 7.32. The molecule has 1 rings (SSSR count). The molecule has 0 saturated carbocycles. The first-order chi connectivity index (χ1) is 8.54. The third-order valence-electron chi connectivity index (χ3n) is 3.23. The van der Waals surface area contributed by atoms with Gasteiger partial charge in [-0.1, -0.05) is 6.92 Å². The minimum atomic E-state index is -0.0713. The number of rotatable bonds is 8. The molecular formula is C14H25NO2S. The Morgan fingerprint density at radius 3 is 2.67 bits per heavy atom. The molecule has 0 amide bonds. The quantitative estimate of drug-likeness (QED) is 0.783. The van der Waals surface area contributed by atoms with E-state index in [-0.39, 0.29) is 5.60 Å². The van der Waals surface area contributed by atoms with Gasteiger partial charge in [0.2, 0.25) is 0 Å². The Labute approximate surface area is 114 Å². The standard InChI is InChI=1S/C14H25NO2S/c1-6-15-11(7-9-14(2,3)17-5)13-12(16-4)8-10-18-13/h8,10-11,15H,6-7,9H2,1-5H3. The lowest BCUT2D eigenvalue weighted by atomic mass is 9.98. The highest BCUT2D eigenvalue weighted by Crippen LogP contribution is 2.34. The molecule has 0 spiro atoms. The second-order valence-electron chi connectivity index (χ2n) is 4.97. The van der Waals surface area contributed by atoms with Crippen molar-refractivity contribution in [1.29, 1.82) is 0 Å². The first kappa shape index (κ1) is 15.5. The molecule has 3 nitrogen and oxygen atoms in total. The summed E-state index contributed by atoms with van der Waals surface area (Å²) in [6.07, 6.45) is 2.06. The van der Waals surface area contributed by atoms with E-state index in [1.54, 1.807) is 25.6 Å². The van der Waals surface area contributed by atoms with Crippen LogP contribution < -0.4 is 10.1 Å². The summed E-state index contributed by atoms with van der Waals surface area (Å²) in [5.41, 5.74) is -0.0713. The van der Waals surface area contributed by atoms with E-state index in [9.17, 15) is 0 Å². The summed E-state index contributed by atoms with van der Waals surface area (Å²) in [7, 11) is 3.50. The number of methoxy groups -OCH3 is 2. The topological polar surface area (TPSA) is 30.5 Å². The zero-order chi connectivity index (χ0) is 13.6. The Bertz CT molecular complexity index is 349. The van der Waals surface area contributed by atoms with Gasteiger partial charge in [0.05, 0.1) is 17.6 Å². The van der Waals surface area contributed by atoms with Crippen LogP contribution in [0, 0.1) is 0 Å². The van der Waals surface area contributed by atoms with E-state index in [2.05, 4.69) is 31.5 Å². The highest BCUT2D eigenvalue weighted by molar-refractivity contribution is 7.10. The number of nitrogens with one attached hydrogen (secondary N) is 1. The Morgan fingerprint density at radius 2 is 2.11 bits per heavy atom. The van der Waals surface area contributed by atoms with Gasteiger partial charge in [-0.05, 0) is 44.7 Å². The van der Waals surface area contributed by atoms with Gasteiger partial charge in [-0.25, -0.2) is 0 Å². The summed E-state index contributed by atoms with van der Waals surface area (Å²) in [6, 6.07) is 2.38. The van der Waals surface area contributed by atoms with E-state index in [1.807, 2.05) is 6.07 Å². The van der Waals surface area contributed by atoms with E-state index in [0.717, 1.165) is 25.1 Å². The Balaban J connectivity index is 2.71. The highest BCUT2D eigenvalue weighted by Gasteiger charge is 2.22. The van der Waals surface area contributed by atoms with Crippen LogP contribution in [0.2, 0.25) is 0 Å². The minimum absolute atomic E-state index is 0.0713. The maximum Gasteiger partial charge on any atom is 0.134 e. The average molecular weight is 271 g/mol. The van der Waals surface area contributed by atoms with Crippen LogP contribution in [0.4, 0.5) is 0 Å². The van der Waals surface area contributed by atoms with Crippen molar-refractivity contribution in [1.82, 2.24) is 5.32 Å². The monoisotopic (exact) mass is 271 g/mol. The molecule has 4 heteroatoms. The second-order valence-corrected chi connectivity index (χ2v) is 5.91. The Morgan fingerprint density at radius 1 is 1.39 bits per heavy atom. The van der Waals surface area contributed by atoms with Crippen molar-refractivity contribution in [2.24, 2.45) is 0 Å². The molecular weight excluding hydrogens is 246 g/mol. The molecule has 0 aliphatic carbocycles. The fourth-order valence-corrected chi connectivity index (χ4v) is 2.87. The largest absolute Gasteiger partial charge is 0.496 e. The summed E-state index contributed by atoms with van der Waals surface area (Å²) in [6.45, 7) is 7.34. The number of hydrogen-bond donors (Lipinski definition) is 1. The third-order valence-corrected chi connectivity index (χ3v) is 4.24. The highest BCUT2D eigenvalue weighted by atomic mass is 32.1. The van der Waals surface area contributed by atoms with Crippen molar-refractivity contribution < 1.29 is 9.47 Å². The average Bonchev–Trinajstić information content (AvgIpc) is 2.82. The van der Waals surface area contributed by atoms with Gasteiger partial charge in [0.15, 0.2) is 0 Å². The SMILES string of the molecule is CCNC(CCC(C)(C)OC)c1sccc1OC. The minimum Gasteiger partial charge on any atom is -0.496 e. The van der Waals surface area contributed by atoms with Crippen LogP contribution >= 0.6 is 11.3 Å². The van der Waals surface area contributed by atoms with Crippen molar-refractivity contribution in [2.75, 3.05) is 20.8 Å². The summed E-state index contributed by atoms with van der Waals surface area (Å²) in [4.78, 5) is 1.28. The molecule has 1 atom stereocenters. The van der Waals surface area contributed by atoms with Crippen LogP contribution in [0.15, 0.2) is 11.4 Å². The summed E-state index contributed by atoms with van der Waals surface area (Å²) in [5.74, 6) is 0.987. The van der Waals surface area contributed by atoms with Crippen LogP contribution in [0.25, 0.3) is 0 Å². The van der Waals surface area contributed by atoms with Crippen LogP contribution in [-0.4, -0.2) is 26.4 Å². The van der Waals surface area contributed by atoms with Crippen molar-refractivity contribution in [3.05, 3.63) is 16.3 Å². The summed E-state index contributed by atoms with van der Waals surface area (Å²) < 4.78 is 10.9. The molecule has 0 fully saturated rings. The number of hydrogen-bond acceptors (Lipinski definition) is 4. The van der Waals surface area contributed by atoms with Gasteiger partial charge in [-0.2, -0.15) is 0 Å². The molecule has 104 valence electrons. The smallest absolute Gasteiger partial charge is 0.134 e. The van der Waals surface area contributed by atoms with E-state index in [1.165, 1.54) is 4.88 Å². The van der Waals surface area contributed by atoms with Gasteiger partial charge in [-0.3, -0.25) is 0 Å². The van der Waals surface area contributed by atoms with Gasteiger partial charge in [0.25, 0.3) is 0 Å². The fraction of sp³-hybridized carbons (Fsp3) is 0.714. The van der Waals surface area contributed by atoms with Gasteiger partial charge < -0.3 is 14.8 Å². The van der Waals surface area contributed by atoms with Crippen molar-refractivity contribution in [3.63, 3.8) is 0 Å². The zero-order valence-corrected chi connectivity index (χ0v) is 12.9. The second kappa shape index (κ2) is 7.12. The molecule has 1 aromatic heterocycles. The lowest BCUT2D eigenvalue weighted by Crippen LogP contribution is -2.27. The fourth-order valence-electron chi connectivity index (χ4n) is 1.90. The number of thiophene rings is 1. The Hall–Kier alpha value is -0.580. The van der Waals surface area contributed by atoms with Gasteiger partial charge in [-0.15, -0.1) is 11.3 Å². The van der Waals surface area contributed by atoms with Crippen LogP contribution in [0.3, 0.4) is 0 Å². The Kier molecular flexibility index (Phi) is 6.12. The predicted octanol–water partition coefficient (Wildman–Crippen LogP) is 3.61. The molecule has 18 heavy (non-hydrogen) atoms. The normalized spacial score (nSPS) is 13.6. The molecule has 0 aliphatic heterocycles. The first-order valence-electron chi connectivity index (χ1n) is 6.44. The van der Waals surface area contributed by atoms with E-state index < -0.39 is 0 Å². The molecule has 0 bridgehead atoms. The molecule has 0 aromatic carbocycles. The van der Waals surface area contributed by atoms with Crippen LogP contribution in [-0.2, 0) is 4.74 Å². The molecule has 0 aliphatic rings. The summed E-state index contributed by atoms with van der Waals surface area (Å²) >= 11 is 1.75. The maximum absolute atomic E-state index is 5.48. The lowest BCUT2D eigenvalue weighted by Gasteiger charge is -2.26. The van der Waals surface area contributed by atoms with Crippen LogP contribution in [0.1, 0.15) is 44.5 Å². The van der Waals surface area contributed by atoms with Gasteiger partial charge in [0, 0.05) is 13.2 Å². The molecule has 1 heterocycles. The summed E-state index contributed by atoms with van der Waals surface area (Å²) in [5, 5.41) is 5.61. The van der Waals surface area contributed by atoms with Gasteiger partial charge in [0.1, 0.15) is 5.75 Å². The molecule has 1 unspecified atom stereocenters. The van der Waals surface area contributed by atoms with E-state index in [4.69, 9.17) is 9.47 Å². The lowest BCUT2D eigenvalue weighted by molar-refractivity contribution is 0.0117. The van der Waals surface area contributed by atoms with Crippen LogP contribution in [0.5, 0.6) is 5.75 Å². The predicted molar refractivity (Wildman–Crippen MR) is 77.6 cm³/mol. The molecule has 0 radical (unpaired) electrons. The molecule has 1 aromatic rings. The maximum atomic E-state index is 5.48. The van der Waals surface area contributed by atoms with E-state index >= 15 is 0 Å². The van der Waals surface area contributed by atoms with Gasteiger partial charge >= 0.3 is 0 Å². The van der Waals surface area contributed by atoms with Crippen molar-refractivity contribution >= 4 is 11.3 Å². The third kappa shape index (κ3) is 4.26. The molecule has 0 saturated heterocycles.